The van der Waals surface area contributed by atoms with E-state index in [-0.39, 0.29) is 12.4 Å². The molecule has 0 fully saturated rings. The van der Waals surface area contributed by atoms with Crippen molar-refractivity contribution in [2.75, 3.05) is 19.9 Å². The second-order valence-corrected chi connectivity index (χ2v) is 6.66. The maximum absolute atomic E-state index is 12.0. The van der Waals surface area contributed by atoms with Crippen LogP contribution in [0.2, 0.25) is 0 Å². The molecule has 0 saturated heterocycles. The SMILES string of the molecule is CC(C)(C)NC(=O)NC(=O)COC(=O)CNC(=O)c1ccc2c(c1)OCO2. The summed E-state index contributed by atoms with van der Waals surface area (Å²) >= 11 is 0. The summed E-state index contributed by atoms with van der Waals surface area (Å²) in [5.41, 5.74) is -0.233. The Morgan fingerprint density at radius 2 is 1.81 bits per heavy atom. The van der Waals surface area contributed by atoms with Crippen molar-refractivity contribution in [1.82, 2.24) is 16.0 Å². The van der Waals surface area contributed by atoms with E-state index in [1.807, 2.05) is 5.32 Å². The van der Waals surface area contributed by atoms with Crippen LogP contribution in [0.5, 0.6) is 11.5 Å². The highest BCUT2D eigenvalue weighted by Crippen LogP contribution is 2.32. The van der Waals surface area contributed by atoms with Crippen molar-refractivity contribution in [2.24, 2.45) is 0 Å². The third kappa shape index (κ3) is 6.49. The van der Waals surface area contributed by atoms with Gasteiger partial charge in [0.15, 0.2) is 18.1 Å². The maximum atomic E-state index is 12.0. The van der Waals surface area contributed by atoms with E-state index < -0.39 is 42.5 Å². The van der Waals surface area contributed by atoms with E-state index in [1.165, 1.54) is 12.1 Å². The van der Waals surface area contributed by atoms with Crippen LogP contribution in [0.1, 0.15) is 31.1 Å². The number of amides is 4. The van der Waals surface area contributed by atoms with E-state index in [1.54, 1.807) is 26.8 Å². The van der Waals surface area contributed by atoms with E-state index in [9.17, 15) is 19.2 Å². The number of rotatable bonds is 5. The van der Waals surface area contributed by atoms with Crippen LogP contribution in [0, 0.1) is 0 Å². The number of carbonyl (C=O) groups excluding carboxylic acids is 4. The lowest BCUT2D eigenvalue weighted by atomic mass is 10.1. The fourth-order valence-corrected chi connectivity index (χ4v) is 2.02. The Balaban J connectivity index is 1.70. The number of urea groups is 1. The number of benzene rings is 1. The molecule has 10 heteroatoms. The van der Waals surface area contributed by atoms with Gasteiger partial charge in [-0.25, -0.2) is 4.79 Å². The van der Waals surface area contributed by atoms with Gasteiger partial charge in [0.05, 0.1) is 0 Å². The Hall–Kier alpha value is -3.30. The Bertz CT molecular complexity index is 755. The first kappa shape index (κ1) is 20.0. The predicted molar refractivity (Wildman–Crippen MR) is 92.3 cm³/mol. The molecule has 0 spiro atoms. The first-order valence-corrected chi connectivity index (χ1v) is 8.09. The number of nitrogens with one attached hydrogen (secondary N) is 3. The molecule has 0 unspecified atom stereocenters. The Morgan fingerprint density at radius 3 is 2.52 bits per heavy atom. The van der Waals surface area contributed by atoms with E-state index >= 15 is 0 Å². The molecule has 10 nitrogen and oxygen atoms in total. The van der Waals surface area contributed by atoms with Crippen LogP contribution in [0.15, 0.2) is 18.2 Å². The molecule has 1 aliphatic heterocycles. The number of esters is 1. The molecular weight excluding hydrogens is 358 g/mol. The van der Waals surface area contributed by atoms with E-state index in [0.29, 0.717) is 11.5 Å². The standard InChI is InChI=1S/C17H21N3O7/c1-17(2,3)20-16(24)19-13(21)8-25-14(22)7-18-15(23)10-4-5-11-12(6-10)27-9-26-11/h4-6H,7-9H2,1-3H3,(H,18,23)(H2,19,20,21,24). The predicted octanol–water partition coefficient (Wildman–Crippen LogP) is 0.313. The second kappa shape index (κ2) is 8.39. The van der Waals surface area contributed by atoms with Gasteiger partial charge in [-0.2, -0.15) is 0 Å². The molecular formula is C17H21N3O7. The van der Waals surface area contributed by atoms with Crippen molar-refractivity contribution < 1.29 is 33.4 Å². The van der Waals surface area contributed by atoms with E-state index in [4.69, 9.17) is 14.2 Å². The third-order valence-corrected chi connectivity index (χ3v) is 3.13. The third-order valence-electron chi connectivity index (χ3n) is 3.13. The summed E-state index contributed by atoms with van der Waals surface area (Å²) in [6.45, 7) is 4.26. The molecule has 0 radical (unpaired) electrons. The normalized spacial score (nSPS) is 12.1. The molecule has 1 heterocycles. The van der Waals surface area contributed by atoms with Gasteiger partial charge < -0.3 is 24.8 Å². The molecule has 2 rings (SSSR count). The van der Waals surface area contributed by atoms with Gasteiger partial charge in [-0.05, 0) is 39.0 Å². The molecule has 3 N–H and O–H groups in total. The van der Waals surface area contributed by atoms with Crippen LogP contribution in [0.3, 0.4) is 0 Å². The summed E-state index contributed by atoms with van der Waals surface area (Å²) in [7, 11) is 0. The topological polar surface area (TPSA) is 132 Å². The van der Waals surface area contributed by atoms with Gasteiger partial charge in [0.2, 0.25) is 6.79 Å². The summed E-state index contributed by atoms with van der Waals surface area (Å²) in [5, 5.41) is 6.92. The van der Waals surface area contributed by atoms with Crippen LogP contribution in [-0.4, -0.2) is 49.3 Å². The molecule has 1 aromatic carbocycles. The van der Waals surface area contributed by atoms with Crippen molar-refractivity contribution in [3.63, 3.8) is 0 Å². The first-order valence-electron chi connectivity index (χ1n) is 8.09. The number of fused-ring (bicyclic) bond motifs is 1. The van der Waals surface area contributed by atoms with Gasteiger partial charge in [-0.15, -0.1) is 0 Å². The molecule has 1 aliphatic rings. The summed E-state index contributed by atoms with van der Waals surface area (Å²) in [4.78, 5) is 46.7. The smallest absolute Gasteiger partial charge is 0.325 e. The fourth-order valence-electron chi connectivity index (χ4n) is 2.02. The number of hydrogen-bond acceptors (Lipinski definition) is 7. The summed E-state index contributed by atoms with van der Waals surface area (Å²) in [6, 6.07) is 3.90. The molecule has 0 aromatic heterocycles. The lowest BCUT2D eigenvalue weighted by Crippen LogP contribution is -2.49. The molecule has 27 heavy (non-hydrogen) atoms. The second-order valence-electron chi connectivity index (χ2n) is 6.66. The van der Waals surface area contributed by atoms with Gasteiger partial charge in [-0.3, -0.25) is 19.7 Å². The van der Waals surface area contributed by atoms with Crippen molar-refractivity contribution in [2.45, 2.75) is 26.3 Å². The van der Waals surface area contributed by atoms with Crippen molar-refractivity contribution in [3.05, 3.63) is 23.8 Å². The molecule has 0 aliphatic carbocycles. The minimum atomic E-state index is -0.824. The highest BCUT2D eigenvalue weighted by atomic mass is 16.7. The van der Waals surface area contributed by atoms with Gasteiger partial charge in [0, 0.05) is 11.1 Å². The van der Waals surface area contributed by atoms with Crippen LogP contribution < -0.4 is 25.4 Å². The van der Waals surface area contributed by atoms with Gasteiger partial charge >= 0.3 is 12.0 Å². The summed E-state index contributed by atoms with van der Waals surface area (Å²) < 4.78 is 15.0. The van der Waals surface area contributed by atoms with Gasteiger partial charge in [0.1, 0.15) is 6.54 Å². The zero-order chi connectivity index (χ0) is 20.0. The quantitative estimate of drug-likeness (QED) is 0.627. The van der Waals surface area contributed by atoms with Crippen LogP contribution >= 0.6 is 0 Å². The van der Waals surface area contributed by atoms with Gasteiger partial charge in [-0.1, -0.05) is 0 Å². The summed E-state index contributed by atoms with van der Waals surface area (Å²) in [6.07, 6.45) is 0. The number of hydrogen-bond donors (Lipinski definition) is 3. The molecule has 0 saturated carbocycles. The lowest BCUT2D eigenvalue weighted by molar-refractivity contribution is -0.147. The molecule has 4 amide bonds. The van der Waals surface area contributed by atoms with Gasteiger partial charge in [0.25, 0.3) is 11.8 Å². The van der Waals surface area contributed by atoms with Crippen molar-refractivity contribution >= 4 is 23.8 Å². The largest absolute Gasteiger partial charge is 0.454 e. The molecule has 1 aromatic rings. The zero-order valence-corrected chi connectivity index (χ0v) is 15.2. The minimum Gasteiger partial charge on any atom is -0.454 e. The van der Waals surface area contributed by atoms with Crippen molar-refractivity contribution in [1.29, 1.82) is 0 Å². The monoisotopic (exact) mass is 379 g/mol. The highest BCUT2D eigenvalue weighted by Gasteiger charge is 2.18. The fraction of sp³-hybridized carbons (Fsp3) is 0.412. The zero-order valence-electron chi connectivity index (χ0n) is 15.2. The first-order chi connectivity index (χ1) is 12.6. The maximum Gasteiger partial charge on any atom is 0.325 e. The van der Waals surface area contributed by atoms with Crippen LogP contribution in [0.4, 0.5) is 4.79 Å². The molecule has 146 valence electrons. The molecule has 0 atom stereocenters. The van der Waals surface area contributed by atoms with Crippen LogP contribution in [0.25, 0.3) is 0 Å². The average molecular weight is 379 g/mol. The van der Waals surface area contributed by atoms with E-state index in [0.717, 1.165) is 0 Å². The van der Waals surface area contributed by atoms with Crippen molar-refractivity contribution in [3.8, 4) is 11.5 Å². The number of imide groups is 1. The highest BCUT2D eigenvalue weighted by molar-refractivity contribution is 5.97. The number of ether oxygens (including phenoxy) is 3. The minimum absolute atomic E-state index is 0.0859. The Morgan fingerprint density at radius 1 is 1.11 bits per heavy atom. The molecule has 0 bridgehead atoms. The number of carbonyl (C=O) groups is 4. The lowest BCUT2D eigenvalue weighted by Gasteiger charge is -2.20. The Labute approximate surface area is 155 Å². The van der Waals surface area contributed by atoms with Crippen LogP contribution in [-0.2, 0) is 14.3 Å². The van der Waals surface area contributed by atoms with E-state index in [2.05, 4.69) is 10.6 Å². The average Bonchev–Trinajstić information content (AvgIpc) is 3.03. The summed E-state index contributed by atoms with van der Waals surface area (Å²) in [5.74, 6) is -1.15. The Kier molecular flexibility index (Phi) is 6.22.